The van der Waals surface area contributed by atoms with Crippen molar-refractivity contribution in [3.8, 4) is 0 Å². The molecule has 0 unspecified atom stereocenters. The van der Waals surface area contributed by atoms with E-state index in [-0.39, 0.29) is 5.91 Å². The zero-order valence-corrected chi connectivity index (χ0v) is 13.3. The van der Waals surface area contributed by atoms with E-state index in [1.165, 1.54) is 6.20 Å². The summed E-state index contributed by atoms with van der Waals surface area (Å²) >= 11 is 0. The van der Waals surface area contributed by atoms with E-state index in [4.69, 9.17) is 0 Å². The van der Waals surface area contributed by atoms with Crippen LogP contribution < -0.4 is 10.6 Å². The SMILES string of the molecule is CCCNc1cnc(C(=O)Nc2c(C)cccc2CC)cn1. The molecule has 22 heavy (non-hydrogen) atoms. The number of para-hydroxylation sites is 1. The number of nitrogens with zero attached hydrogens (tertiary/aromatic N) is 2. The molecule has 0 saturated carbocycles. The Bertz CT molecular complexity index is 638. The lowest BCUT2D eigenvalue weighted by molar-refractivity contribution is 0.102. The van der Waals surface area contributed by atoms with Crippen molar-refractivity contribution in [2.45, 2.75) is 33.6 Å². The van der Waals surface area contributed by atoms with Gasteiger partial charge in [0.25, 0.3) is 5.91 Å². The first-order chi connectivity index (χ1) is 10.7. The third-order valence-electron chi connectivity index (χ3n) is 3.42. The van der Waals surface area contributed by atoms with E-state index in [0.717, 1.165) is 36.2 Å². The number of aryl methyl sites for hydroxylation is 2. The van der Waals surface area contributed by atoms with E-state index in [9.17, 15) is 4.79 Å². The van der Waals surface area contributed by atoms with Gasteiger partial charge in [-0.15, -0.1) is 0 Å². The normalized spacial score (nSPS) is 10.3. The first-order valence-corrected chi connectivity index (χ1v) is 7.61. The molecule has 2 N–H and O–H groups in total. The molecule has 0 atom stereocenters. The van der Waals surface area contributed by atoms with Gasteiger partial charge in [-0.25, -0.2) is 9.97 Å². The minimum absolute atomic E-state index is 0.237. The van der Waals surface area contributed by atoms with Crippen LogP contribution in [0, 0.1) is 6.92 Å². The number of carbonyl (C=O) groups excluding carboxylic acids is 1. The van der Waals surface area contributed by atoms with Crippen LogP contribution >= 0.6 is 0 Å². The summed E-state index contributed by atoms with van der Waals surface area (Å²) in [5, 5.41) is 6.08. The molecule has 1 amide bonds. The smallest absolute Gasteiger partial charge is 0.275 e. The van der Waals surface area contributed by atoms with Gasteiger partial charge in [0.1, 0.15) is 11.5 Å². The second-order valence-corrected chi connectivity index (χ2v) is 5.13. The maximum Gasteiger partial charge on any atom is 0.275 e. The van der Waals surface area contributed by atoms with Crippen LogP contribution in [0.2, 0.25) is 0 Å². The van der Waals surface area contributed by atoms with Crippen LogP contribution in [0.5, 0.6) is 0 Å². The highest BCUT2D eigenvalue weighted by Crippen LogP contribution is 2.21. The van der Waals surface area contributed by atoms with Crippen molar-refractivity contribution in [1.29, 1.82) is 0 Å². The Morgan fingerprint density at radius 3 is 2.64 bits per heavy atom. The maximum absolute atomic E-state index is 12.3. The van der Waals surface area contributed by atoms with Crippen molar-refractivity contribution in [3.63, 3.8) is 0 Å². The van der Waals surface area contributed by atoms with Crippen molar-refractivity contribution < 1.29 is 4.79 Å². The molecule has 0 saturated heterocycles. The summed E-state index contributed by atoms with van der Waals surface area (Å²) in [4.78, 5) is 20.7. The fourth-order valence-corrected chi connectivity index (χ4v) is 2.17. The number of benzene rings is 1. The van der Waals surface area contributed by atoms with E-state index in [0.29, 0.717) is 11.5 Å². The van der Waals surface area contributed by atoms with Gasteiger partial charge in [0, 0.05) is 12.2 Å². The van der Waals surface area contributed by atoms with E-state index >= 15 is 0 Å². The lowest BCUT2D eigenvalue weighted by Crippen LogP contribution is -2.16. The molecule has 1 aromatic heterocycles. The first-order valence-electron chi connectivity index (χ1n) is 7.61. The monoisotopic (exact) mass is 298 g/mol. The van der Waals surface area contributed by atoms with Crippen LogP contribution in [-0.2, 0) is 6.42 Å². The Labute approximate surface area is 131 Å². The number of aromatic nitrogens is 2. The molecule has 2 aromatic rings. The molecular formula is C17H22N4O. The number of hydrogen-bond donors (Lipinski definition) is 2. The van der Waals surface area contributed by atoms with Gasteiger partial charge in [-0.05, 0) is 30.9 Å². The van der Waals surface area contributed by atoms with Crippen molar-refractivity contribution >= 4 is 17.4 Å². The topological polar surface area (TPSA) is 66.9 Å². The molecule has 116 valence electrons. The van der Waals surface area contributed by atoms with Crippen LogP contribution in [0.4, 0.5) is 11.5 Å². The third kappa shape index (κ3) is 3.81. The average molecular weight is 298 g/mol. The fraction of sp³-hybridized carbons (Fsp3) is 0.353. The number of amides is 1. The summed E-state index contributed by atoms with van der Waals surface area (Å²) in [7, 11) is 0. The molecule has 0 aliphatic rings. The molecule has 5 heteroatoms. The van der Waals surface area contributed by atoms with Crippen LogP contribution in [0.25, 0.3) is 0 Å². The van der Waals surface area contributed by atoms with Crippen LogP contribution in [0.1, 0.15) is 41.9 Å². The lowest BCUT2D eigenvalue weighted by atomic mass is 10.1. The fourth-order valence-electron chi connectivity index (χ4n) is 2.17. The van der Waals surface area contributed by atoms with Crippen LogP contribution in [-0.4, -0.2) is 22.4 Å². The van der Waals surface area contributed by atoms with Crippen molar-refractivity contribution in [2.24, 2.45) is 0 Å². The summed E-state index contributed by atoms with van der Waals surface area (Å²) in [5.74, 6) is 0.446. The number of nitrogens with one attached hydrogen (secondary N) is 2. The molecule has 0 bridgehead atoms. The van der Waals surface area contributed by atoms with Gasteiger partial charge in [0.2, 0.25) is 0 Å². The predicted molar refractivity (Wildman–Crippen MR) is 89.3 cm³/mol. The molecule has 2 rings (SSSR count). The molecule has 0 spiro atoms. The standard InChI is InChI=1S/C17H22N4O/c1-4-9-18-15-11-19-14(10-20-15)17(22)21-16-12(3)7-6-8-13(16)5-2/h6-8,10-11H,4-5,9H2,1-3H3,(H,18,20)(H,21,22). The molecule has 0 aliphatic carbocycles. The zero-order valence-electron chi connectivity index (χ0n) is 13.3. The quantitative estimate of drug-likeness (QED) is 0.857. The van der Waals surface area contributed by atoms with Crippen molar-refractivity contribution in [2.75, 3.05) is 17.2 Å². The van der Waals surface area contributed by atoms with Crippen LogP contribution in [0.3, 0.4) is 0 Å². The first kappa shape index (κ1) is 15.9. The van der Waals surface area contributed by atoms with Gasteiger partial charge in [0.05, 0.1) is 12.4 Å². The summed E-state index contributed by atoms with van der Waals surface area (Å²) in [6, 6.07) is 6.00. The van der Waals surface area contributed by atoms with Gasteiger partial charge in [-0.3, -0.25) is 4.79 Å². The third-order valence-corrected chi connectivity index (χ3v) is 3.42. The number of carbonyl (C=O) groups is 1. The Morgan fingerprint density at radius 1 is 1.18 bits per heavy atom. The molecule has 0 aliphatic heterocycles. The van der Waals surface area contributed by atoms with E-state index in [2.05, 4.69) is 34.4 Å². The molecule has 0 fully saturated rings. The second-order valence-electron chi connectivity index (χ2n) is 5.13. The zero-order chi connectivity index (χ0) is 15.9. The highest BCUT2D eigenvalue weighted by molar-refractivity contribution is 6.03. The number of rotatable bonds is 6. The summed E-state index contributed by atoms with van der Waals surface area (Å²) < 4.78 is 0. The largest absolute Gasteiger partial charge is 0.369 e. The van der Waals surface area contributed by atoms with Gasteiger partial charge in [-0.2, -0.15) is 0 Å². The van der Waals surface area contributed by atoms with Crippen molar-refractivity contribution in [3.05, 3.63) is 47.4 Å². The Morgan fingerprint density at radius 2 is 2.00 bits per heavy atom. The molecule has 5 nitrogen and oxygen atoms in total. The molecular weight excluding hydrogens is 276 g/mol. The number of hydrogen-bond acceptors (Lipinski definition) is 4. The summed E-state index contributed by atoms with van der Waals surface area (Å²) in [6.07, 6.45) is 4.96. The molecule has 1 heterocycles. The Kier molecular flexibility index (Phi) is 5.47. The number of anilines is 2. The van der Waals surface area contributed by atoms with Crippen molar-refractivity contribution in [1.82, 2.24) is 9.97 Å². The highest BCUT2D eigenvalue weighted by atomic mass is 16.1. The lowest BCUT2D eigenvalue weighted by Gasteiger charge is -2.12. The van der Waals surface area contributed by atoms with Crippen LogP contribution in [0.15, 0.2) is 30.6 Å². The summed E-state index contributed by atoms with van der Waals surface area (Å²) in [5.41, 5.74) is 3.33. The minimum atomic E-state index is -0.237. The van der Waals surface area contributed by atoms with E-state index < -0.39 is 0 Å². The molecule has 1 aromatic carbocycles. The van der Waals surface area contributed by atoms with Gasteiger partial charge < -0.3 is 10.6 Å². The van der Waals surface area contributed by atoms with Gasteiger partial charge in [-0.1, -0.05) is 32.0 Å². The van der Waals surface area contributed by atoms with Gasteiger partial charge >= 0.3 is 0 Å². The van der Waals surface area contributed by atoms with Gasteiger partial charge in [0.15, 0.2) is 0 Å². The van der Waals surface area contributed by atoms with E-state index in [1.807, 2.05) is 25.1 Å². The average Bonchev–Trinajstić information content (AvgIpc) is 2.55. The predicted octanol–water partition coefficient (Wildman–Crippen LogP) is 3.42. The molecule has 0 radical (unpaired) electrons. The second kappa shape index (κ2) is 7.54. The Hall–Kier alpha value is -2.43. The van der Waals surface area contributed by atoms with E-state index in [1.54, 1.807) is 6.20 Å². The minimum Gasteiger partial charge on any atom is -0.369 e. The highest BCUT2D eigenvalue weighted by Gasteiger charge is 2.12. The summed E-state index contributed by atoms with van der Waals surface area (Å²) in [6.45, 7) is 6.97. The Balaban J connectivity index is 2.12. The maximum atomic E-state index is 12.3.